The highest BCUT2D eigenvalue weighted by atomic mass is 32.2. The zero-order chi connectivity index (χ0) is 20.5. The monoisotopic (exact) mass is 418 g/mol. The van der Waals surface area contributed by atoms with Crippen LogP contribution < -0.4 is 5.32 Å². The second-order valence-corrected chi connectivity index (χ2v) is 8.27. The molecule has 1 aromatic carbocycles. The molecule has 28 heavy (non-hydrogen) atoms. The number of anilines is 1. The van der Waals surface area contributed by atoms with E-state index in [1.807, 2.05) is 0 Å². The molecule has 0 unspecified atom stereocenters. The Morgan fingerprint density at radius 2 is 1.79 bits per heavy atom. The molecule has 0 radical (unpaired) electrons. The predicted molar refractivity (Wildman–Crippen MR) is 90.8 cm³/mol. The quantitative estimate of drug-likeness (QED) is 0.818. The number of hydrogen-bond donors (Lipinski definition) is 1. The van der Waals surface area contributed by atoms with Crippen molar-refractivity contribution in [2.75, 3.05) is 18.4 Å². The third-order valence-corrected chi connectivity index (χ3v) is 6.21. The van der Waals surface area contributed by atoms with Crippen molar-refractivity contribution in [1.82, 2.24) is 14.5 Å². The molecule has 12 heteroatoms. The van der Waals surface area contributed by atoms with E-state index in [2.05, 4.69) is 19.9 Å². The zero-order valence-corrected chi connectivity index (χ0v) is 15.5. The Hall–Kier alpha value is -2.47. The summed E-state index contributed by atoms with van der Waals surface area (Å²) < 4.78 is 69.1. The number of carbonyl (C=O) groups excluding carboxylic acids is 1. The summed E-state index contributed by atoms with van der Waals surface area (Å²) in [6.07, 6.45) is -4.18. The first-order chi connectivity index (χ1) is 13.1. The van der Waals surface area contributed by atoms with E-state index < -0.39 is 28.0 Å². The smallest absolute Gasteiger partial charge is 0.417 e. The Bertz CT molecular complexity index is 949. The number of sulfonamides is 1. The molecule has 1 aromatic heterocycles. The molecule has 1 aliphatic heterocycles. The maximum atomic E-state index is 12.7. The molecule has 3 rings (SSSR count). The van der Waals surface area contributed by atoms with Crippen molar-refractivity contribution in [3.05, 3.63) is 36.0 Å². The van der Waals surface area contributed by atoms with Gasteiger partial charge in [0.25, 0.3) is 0 Å². The van der Waals surface area contributed by atoms with Crippen LogP contribution in [0.15, 0.2) is 33.6 Å². The maximum absolute atomic E-state index is 12.7. The van der Waals surface area contributed by atoms with Crippen molar-refractivity contribution in [3.8, 4) is 0 Å². The summed E-state index contributed by atoms with van der Waals surface area (Å²) in [6, 6.07) is 5.75. The average Bonchev–Trinajstić information content (AvgIpc) is 3.12. The molecule has 0 bridgehead atoms. The molecule has 0 aliphatic carbocycles. The number of halogens is 3. The molecule has 2 aromatic rings. The molecule has 0 saturated carbocycles. The van der Waals surface area contributed by atoms with Crippen LogP contribution in [0.2, 0.25) is 0 Å². The van der Waals surface area contributed by atoms with Crippen molar-refractivity contribution in [3.63, 3.8) is 0 Å². The summed E-state index contributed by atoms with van der Waals surface area (Å²) in [6.45, 7) is 1.57. The number of piperidine rings is 1. The SMILES string of the molecule is CC(=O)Nc1ccc(S(=O)(=O)N2CCC(c3nnc(C(F)(F)F)o3)CC2)cc1. The van der Waals surface area contributed by atoms with Crippen molar-refractivity contribution in [1.29, 1.82) is 0 Å². The number of nitrogens with zero attached hydrogens (tertiary/aromatic N) is 3. The number of alkyl halides is 3. The normalized spacial score (nSPS) is 16.9. The second kappa shape index (κ2) is 7.51. The first-order valence-corrected chi connectivity index (χ1v) is 9.80. The van der Waals surface area contributed by atoms with E-state index in [-0.39, 0.29) is 42.6 Å². The Kier molecular flexibility index (Phi) is 5.44. The van der Waals surface area contributed by atoms with Crippen molar-refractivity contribution >= 4 is 21.6 Å². The van der Waals surface area contributed by atoms with Crippen molar-refractivity contribution in [2.45, 2.75) is 36.8 Å². The Labute approximate surface area is 158 Å². The highest BCUT2D eigenvalue weighted by molar-refractivity contribution is 7.89. The van der Waals surface area contributed by atoms with Crippen LogP contribution in [-0.4, -0.2) is 41.9 Å². The van der Waals surface area contributed by atoms with E-state index in [1.165, 1.54) is 35.5 Å². The van der Waals surface area contributed by atoms with Crippen LogP contribution in [0.1, 0.15) is 37.5 Å². The summed E-state index contributed by atoms with van der Waals surface area (Å²) in [5, 5.41) is 9.00. The van der Waals surface area contributed by atoms with Crippen LogP contribution >= 0.6 is 0 Å². The van der Waals surface area contributed by atoms with Crippen LogP contribution in [0.3, 0.4) is 0 Å². The van der Waals surface area contributed by atoms with Crippen LogP contribution in [0.5, 0.6) is 0 Å². The topological polar surface area (TPSA) is 105 Å². The number of nitrogens with one attached hydrogen (secondary N) is 1. The van der Waals surface area contributed by atoms with Gasteiger partial charge in [-0.05, 0) is 37.1 Å². The van der Waals surface area contributed by atoms with Crippen LogP contribution in [0.4, 0.5) is 18.9 Å². The lowest BCUT2D eigenvalue weighted by Crippen LogP contribution is -2.37. The number of benzene rings is 1. The van der Waals surface area contributed by atoms with E-state index in [0.717, 1.165) is 0 Å². The average molecular weight is 418 g/mol. The van der Waals surface area contributed by atoms with Crippen LogP contribution in [0, 0.1) is 0 Å². The number of carbonyl (C=O) groups is 1. The summed E-state index contributed by atoms with van der Waals surface area (Å²) in [4.78, 5) is 11.1. The number of amides is 1. The first-order valence-electron chi connectivity index (χ1n) is 8.36. The molecular formula is C16H17F3N4O4S. The summed E-state index contributed by atoms with van der Waals surface area (Å²) >= 11 is 0. The lowest BCUT2D eigenvalue weighted by molar-refractivity contribution is -0.157. The molecule has 2 heterocycles. The van der Waals surface area contributed by atoms with Gasteiger partial charge in [-0.3, -0.25) is 4.79 Å². The van der Waals surface area contributed by atoms with Crippen LogP contribution in [0.25, 0.3) is 0 Å². The van der Waals surface area contributed by atoms with Gasteiger partial charge >= 0.3 is 12.1 Å². The minimum absolute atomic E-state index is 0.0669. The summed E-state index contributed by atoms with van der Waals surface area (Å²) in [5.41, 5.74) is 0.474. The largest absolute Gasteiger partial charge is 0.470 e. The molecule has 1 N–H and O–H groups in total. The molecule has 1 aliphatic rings. The van der Waals surface area contributed by atoms with Gasteiger partial charge in [-0.25, -0.2) is 8.42 Å². The van der Waals surface area contributed by atoms with Gasteiger partial charge in [0.1, 0.15) is 0 Å². The van der Waals surface area contributed by atoms with E-state index in [9.17, 15) is 26.4 Å². The third-order valence-electron chi connectivity index (χ3n) is 4.30. The van der Waals surface area contributed by atoms with E-state index in [4.69, 9.17) is 0 Å². The Morgan fingerprint density at radius 1 is 1.18 bits per heavy atom. The van der Waals surface area contributed by atoms with Crippen molar-refractivity contribution in [2.24, 2.45) is 0 Å². The Morgan fingerprint density at radius 3 is 2.29 bits per heavy atom. The predicted octanol–water partition coefficient (Wildman–Crippen LogP) is 2.62. The highest BCUT2D eigenvalue weighted by Crippen LogP contribution is 2.33. The lowest BCUT2D eigenvalue weighted by Gasteiger charge is -2.29. The third kappa shape index (κ3) is 4.33. The summed E-state index contributed by atoms with van der Waals surface area (Å²) in [7, 11) is -3.76. The van der Waals surface area contributed by atoms with E-state index in [1.54, 1.807) is 0 Å². The summed E-state index contributed by atoms with van der Waals surface area (Å²) in [5.74, 6) is -2.24. The van der Waals surface area contributed by atoms with Gasteiger partial charge in [0.15, 0.2) is 0 Å². The number of rotatable bonds is 4. The first kappa shape index (κ1) is 20.3. The molecule has 0 spiro atoms. The highest BCUT2D eigenvalue weighted by Gasteiger charge is 2.39. The van der Waals surface area contributed by atoms with Gasteiger partial charge in [0, 0.05) is 31.6 Å². The fourth-order valence-electron chi connectivity index (χ4n) is 2.92. The maximum Gasteiger partial charge on any atom is 0.470 e. The van der Waals surface area contributed by atoms with Gasteiger partial charge in [-0.1, -0.05) is 0 Å². The van der Waals surface area contributed by atoms with Crippen LogP contribution in [-0.2, 0) is 21.0 Å². The fourth-order valence-corrected chi connectivity index (χ4v) is 4.39. The van der Waals surface area contributed by atoms with E-state index >= 15 is 0 Å². The van der Waals surface area contributed by atoms with E-state index in [0.29, 0.717) is 5.69 Å². The van der Waals surface area contributed by atoms with Crippen molar-refractivity contribution < 1.29 is 30.8 Å². The Balaban J connectivity index is 1.66. The van der Waals surface area contributed by atoms with Gasteiger partial charge < -0.3 is 9.73 Å². The molecule has 8 nitrogen and oxygen atoms in total. The number of hydrogen-bond acceptors (Lipinski definition) is 6. The minimum atomic E-state index is -4.71. The molecule has 152 valence electrons. The molecule has 1 saturated heterocycles. The number of aromatic nitrogens is 2. The van der Waals surface area contributed by atoms with Gasteiger partial charge in [0.05, 0.1) is 4.90 Å². The lowest BCUT2D eigenvalue weighted by atomic mass is 9.98. The fraction of sp³-hybridized carbons (Fsp3) is 0.438. The molecular weight excluding hydrogens is 401 g/mol. The van der Waals surface area contributed by atoms with Gasteiger partial charge in [0.2, 0.25) is 21.8 Å². The minimum Gasteiger partial charge on any atom is -0.417 e. The second-order valence-electron chi connectivity index (χ2n) is 6.33. The standard InChI is InChI=1S/C16H17F3N4O4S/c1-10(24)20-12-2-4-13(5-3-12)28(25,26)23-8-6-11(7-9-23)14-21-22-15(27-14)16(17,18)19/h2-5,11H,6-9H2,1H3,(H,20,24). The molecule has 0 atom stereocenters. The molecule has 1 fully saturated rings. The molecule has 1 amide bonds. The van der Waals surface area contributed by atoms with Gasteiger partial charge in [-0.15, -0.1) is 10.2 Å². The van der Waals surface area contributed by atoms with Gasteiger partial charge in [-0.2, -0.15) is 17.5 Å². The zero-order valence-electron chi connectivity index (χ0n) is 14.7.